The van der Waals surface area contributed by atoms with Gasteiger partial charge in [0.2, 0.25) is 0 Å². The lowest BCUT2D eigenvalue weighted by Crippen LogP contribution is -2.45. The van der Waals surface area contributed by atoms with Crippen molar-refractivity contribution >= 4 is 26.0 Å². The van der Waals surface area contributed by atoms with E-state index in [0.29, 0.717) is 18.4 Å². The van der Waals surface area contributed by atoms with E-state index in [1.165, 1.54) is 6.07 Å². The molecule has 0 bridgehead atoms. The molecule has 6 nitrogen and oxygen atoms in total. The molecule has 0 aromatic heterocycles. The molecule has 0 amide bonds. The fraction of sp³-hybridized carbons (Fsp3) is 0.533. The van der Waals surface area contributed by atoms with Gasteiger partial charge in [-0.25, -0.2) is 12.6 Å². The number of aryl methyl sites for hydroxylation is 1. The van der Waals surface area contributed by atoms with Crippen LogP contribution in [0.15, 0.2) is 17.0 Å². The van der Waals surface area contributed by atoms with Crippen LogP contribution in [0.1, 0.15) is 42.4 Å². The van der Waals surface area contributed by atoms with Gasteiger partial charge in [-0.3, -0.25) is 0 Å². The normalized spacial score (nSPS) is 18.4. The SMILES string of the molecule is Cc1ccc(S(=O)(=O)C(=[N+]=[N-])C2(S(=O)O)CCCC2)c(C)c1C. The van der Waals surface area contributed by atoms with Gasteiger partial charge in [0.05, 0.1) is 4.90 Å². The lowest BCUT2D eigenvalue weighted by atomic mass is 10.1. The first-order valence-corrected chi connectivity index (χ1v) is 9.93. The Balaban J connectivity index is 2.69. The molecule has 23 heavy (non-hydrogen) atoms. The minimum atomic E-state index is -4.16. The lowest BCUT2D eigenvalue weighted by Gasteiger charge is -2.20. The Labute approximate surface area is 138 Å². The molecule has 0 saturated heterocycles. The molecule has 1 aliphatic rings. The molecule has 0 aliphatic heterocycles. The van der Waals surface area contributed by atoms with E-state index < -0.39 is 30.7 Å². The van der Waals surface area contributed by atoms with E-state index in [1.807, 2.05) is 13.8 Å². The Bertz CT molecular complexity index is 818. The van der Waals surface area contributed by atoms with Gasteiger partial charge in [0.15, 0.2) is 15.8 Å². The fourth-order valence-corrected chi connectivity index (χ4v) is 6.31. The van der Waals surface area contributed by atoms with Crippen molar-refractivity contribution < 1.29 is 22.0 Å². The molecule has 1 fully saturated rings. The molecule has 1 aromatic carbocycles. The maximum Gasteiger partial charge on any atom is 0.406 e. The number of benzene rings is 1. The van der Waals surface area contributed by atoms with Gasteiger partial charge in [-0.15, -0.1) is 0 Å². The van der Waals surface area contributed by atoms with Crippen LogP contribution >= 0.6 is 0 Å². The summed E-state index contributed by atoms with van der Waals surface area (Å²) >= 11 is -2.44. The second kappa shape index (κ2) is 6.28. The van der Waals surface area contributed by atoms with E-state index in [9.17, 15) is 22.7 Å². The highest BCUT2D eigenvalue weighted by atomic mass is 32.2. The minimum absolute atomic E-state index is 0.0186. The molecule has 1 N–H and O–H groups in total. The zero-order valence-corrected chi connectivity index (χ0v) is 15.0. The first-order chi connectivity index (χ1) is 10.7. The van der Waals surface area contributed by atoms with Crippen LogP contribution in [0.2, 0.25) is 0 Å². The average molecular weight is 356 g/mol. The molecular formula is C15H20N2O4S2. The molecule has 0 heterocycles. The van der Waals surface area contributed by atoms with Crippen molar-refractivity contribution in [3.63, 3.8) is 0 Å². The number of rotatable bonds is 3. The summed E-state index contributed by atoms with van der Waals surface area (Å²) in [5, 5.41) is -0.602. The highest BCUT2D eigenvalue weighted by Gasteiger charge is 2.57. The summed E-state index contributed by atoms with van der Waals surface area (Å²) < 4.78 is 46.0. The highest BCUT2D eigenvalue weighted by Crippen LogP contribution is 2.38. The monoisotopic (exact) mass is 356 g/mol. The van der Waals surface area contributed by atoms with Gasteiger partial charge in [0, 0.05) is 0 Å². The molecule has 1 aromatic rings. The van der Waals surface area contributed by atoms with Crippen LogP contribution in [-0.4, -0.2) is 31.8 Å². The van der Waals surface area contributed by atoms with Crippen molar-refractivity contribution in [3.8, 4) is 0 Å². The third kappa shape index (κ3) is 2.80. The fourth-order valence-electron chi connectivity index (χ4n) is 3.13. The van der Waals surface area contributed by atoms with Crippen molar-refractivity contribution in [3.05, 3.63) is 34.4 Å². The Morgan fingerprint density at radius 2 is 1.78 bits per heavy atom. The highest BCUT2D eigenvalue weighted by molar-refractivity contribution is 8.08. The van der Waals surface area contributed by atoms with Crippen molar-refractivity contribution in [2.45, 2.75) is 56.1 Å². The first-order valence-electron chi connectivity index (χ1n) is 7.34. The van der Waals surface area contributed by atoms with Crippen LogP contribution in [0, 0.1) is 20.8 Å². The molecule has 1 aliphatic carbocycles. The Kier molecular flexibility index (Phi) is 4.92. The summed E-state index contributed by atoms with van der Waals surface area (Å²) in [6.07, 6.45) is 1.65. The van der Waals surface area contributed by atoms with Crippen LogP contribution in [0.4, 0.5) is 0 Å². The second-order valence-corrected chi connectivity index (χ2v) is 9.10. The van der Waals surface area contributed by atoms with Crippen molar-refractivity contribution in [1.82, 2.24) is 0 Å². The zero-order valence-electron chi connectivity index (χ0n) is 13.4. The van der Waals surface area contributed by atoms with E-state index in [2.05, 4.69) is 4.79 Å². The second-order valence-electron chi connectivity index (χ2n) is 5.99. The standard InChI is InChI=1S/C15H20N2O4S2/c1-10-6-7-13(12(3)11(10)2)23(20,21)14(17-16)15(22(18)19)8-4-5-9-15/h6-7H,4-5,8-9H2,1-3H3,(H,18,19). The van der Waals surface area contributed by atoms with Crippen LogP contribution in [0.25, 0.3) is 5.53 Å². The number of sulfone groups is 1. The number of nitrogens with zero attached hydrogens (tertiary/aromatic N) is 2. The van der Waals surface area contributed by atoms with Crippen molar-refractivity contribution in [2.24, 2.45) is 0 Å². The predicted molar refractivity (Wildman–Crippen MR) is 88.4 cm³/mol. The van der Waals surface area contributed by atoms with Crippen molar-refractivity contribution in [2.75, 3.05) is 0 Å². The lowest BCUT2D eigenvalue weighted by molar-refractivity contribution is -0.00616. The molecule has 1 saturated carbocycles. The zero-order chi connectivity index (χ0) is 17.4. The summed E-state index contributed by atoms with van der Waals surface area (Å²) in [6, 6.07) is 3.14. The van der Waals surface area contributed by atoms with Gasteiger partial charge in [-0.1, -0.05) is 18.9 Å². The smallest absolute Gasteiger partial charge is 0.360 e. The summed E-state index contributed by atoms with van der Waals surface area (Å²) in [4.78, 5) is 3.00. The molecule has 0 spiro atoms. The van der Waals surface area contributed by atoms with Crippen LogP contribution in [0.3, 0.4) is 0 Å². The van der Waals surface area contributed by atoms with Crippen LogP contribution in [0.5, 0.6) is 0 Å². The van der Waals surface area contributed by atoms with Gasteiger partial charge in [0.1, 0.15) is 0 Å². The van der Waals surface area contributed by atoms with E-state index in [0.717, 1.165) is 11.1 Å². The Morgan fingerprint density at radius 3 is 2.26 bits per heavy atom. The summed E-state index contributed by atoms with van der Waals surface area (Å²) in [5.74, 6) is 0. The van der Waals surface area contributed by atoms with E-state index in [4.69, 9.17) is 0 Å². The predicted octanol–water partition coefficient (Wildman–Crippen LogP) is 2.55. The third-order valence-electron chi connectivity index (χ3n) is 4.78. The molecule has 1 unspecified atom stereocenters. The Morgan fingerprint density at radius 1 is 1.22 bits per heavy atom. The molecule has 2 rings (SSSR count). The summed E-state index contributed by atoms with van der Waals surface area (Å²) in [5.41, 5.74) is 11.7. The maximum absolute atomic E-state index is 13.0. The topological polar surface area (TPSA) is 108 Å². The van der Waals surface area contributed by atoms with Gasteiger partial charge in [0.25, 0.3) is 9.84 Å². The maximum atomic E-state index is 13.0. The van der Waals surface area contributed by atoms with Gasteiger partial charge in [-0.05, 0) is 56.4 Å². The molecule has 0 radical (unpaired) electrons. The Hall–Kier alpha value is -1.34. The van der Waals surface area contributed by atoms with E-state index >= 15 is 0 Å². The van der Waals surface area contributed by atoms with Crippen molar-refractivity contribution in [1.29, 1.82) is 0 Å². The van der Waals surface area contributed by atoms with Crippen LogP contribution < -0.4 is 0 Å². The molecule has 1 atom stereocenters. The molecule has 126 valence electrons. The largest absolute Gasteiger partial charge is 0.406 e. The minimum Gasteiger partial charge on any atom is -0.360 e. The summed E-state index contributed by atoms with van der Waals surface area (Å²) in [6.45, 7) is 5.37. The van der Waals surface area contributed by atoms with Crippen LogP contribution in [-0.2, 0) is 20.9 Å². The van der Waals surface area contributed by atoms with E-state index in [-0.39, 0.29) is 17.7 Å². The van der Waals surface area contributed by atoms with Gasteiger partial charge in [-0.2, -0.15) is 4.79 Å². The first kappa shape index (κ1) is 18.0. The molecular weight excluding hydrogens is 336 g/mol. The van der Waals surface area contributed by atoms with Gasteiger partial charge >= 0.3 is 5.04 Å². The number of hydrogen-bond acceptors (Lipinski definition) is 3. The molecule has 8 heteroatoms. The van der Waals surface area contributed by atoms with Gasteiger partial charge < -0.3 is 10.1 Å². The average Bonchev–Trinajstić information content (AvgIpc) is 2.95. The quantitative estimate of drug-likeness (QED) is 0.295. The van der Waals surface area contributed by atoms with E-state index in [1.54, 1.807) is 13.0 Å². The number of hydrogen-bond donors (Lipinski definition) is 1. The summed E-state index contributed by atoms with van der Waals surface area (Å²) in [7, 11) is -4.16. The third-order valence-corrected chi connectivity index (χ3v) is 8.18.